The minimum absolute atomic E-state index is 0.0100. The molecule has 0 saturated carbocycles. The molecule has 1 unspecified atom stereocenters. The summed E-state index contributed by atoms with van der Waals surface area (Å²) in [6.07, 6.45) is 4.12. The zero-order valence-corrected chi connectivity index (χ0v) is 13.0. The molecule has 1 saturated heterocycles. The van der Waals surface area contributed by atoms with Crippen LogP contribution in [-0.4, -0.2) is 28.6 Å². The second-order valence-electron chi connectivity index (χ2n) is 5.75. The Bertz CT molecular complexity index is 644. The number of ether oxygens (including phenoxy) is 1. The number of unbranched alkanes of at least 4 members (excludes halogenated alkanes) is 1. The third kappa shape index (κ3) is 3.14. The lowest BCUT2D eigenvalue weighted by Crippen LogP contribution is -2.29. The lowest BCUT2D eigenvalue weighted by atomic mass is 10.2. The minimum Gasteiger partial charge on any atom is -0.370 e. The SMILES string of the molecule is CCCCNC(=O)Cn1c(C2CCCO2)nc2ccccc21. The quantitative estimate of drug-likeness (QED) is 0.835. The number of imidazole rings is 1. The van der Waals surface area contributed by atoms with Crippen molar-refractivity contribution in [1.82, 2.24) is 14.9 Å². The molecule has 1 aromatic carbocycles. The lowest BCUT2D eigenvalue weighted by Gasteiger charge is -2.13. The van der Waals surface area contributed by atoms with Crippen molar-refractivity contribution in [2.45, 2.75) is 45.3 Å². The van der Waals surface area contributed by atoms with Crippen LogP contribution >= 0.6 is 0 Å². The predicted octanol–water partition coefficient (Wildman–Crippen LogP) is 2.80. The number of aromatic nitrogens is 2. The molecule has 1 aromatic heterocycles. The molecule has 5 nitrogen and oxygen atoms in total. The van der Waals surface area contributed by atoms with Gasteiger partial charge in [-0.25, -0.2) is 4.98 Å². The van der Waals surface area contributed by atoms with Gasteiger partial charge in [-0.2, -0.15) is 0 Å². The number of nitrogens with one attached hydrogen (secondary N) is 1. The average Bonchev–Trinajstić information content (AvgIpc) is 3.16. The lowest BCUT2D eigenvalue weighted by molar-refractivity contribution is -0.121. The molecular formula is C17H23N3O2. The Labute approximate surface area is 130 Å². The van der Waals surface area contributed by atoms with Crippen molar-refractivity contribution in [2.75, 3.05) is 13.2 Å². The van der Waals surface area contributed by atoms with Gasteiger partial charge in [0.2, 0.25) is 5.91 Å². The molecule has 1 atom stereocenters. The fourth-order valence-corrected chi connectivity index (χ4v) is 2.89. The molecule has 22 heavy (non-hydrogen) atoms. The Morgan fingerprint density at radius 1 is 1.45 bits per heavy atom. The molecule has 5 heteroatoms. The van der Waals surface area contributed by atoms with Crippen LogP contribution in [0.25, 0.3) is 11.0 Å². The molecule has 3 rings (SSSR count). The first-order valence-corrected chi connectivity index (χ1v) is 8.13. The van der Waals surface area contributed by atoms with Crippen LogP contribution in [0.2, 0.25) is 0 Å². The van der Waals surface area contributed by atoms with Gasteiger partial charge in [0.25, 0.3) is 0 Å². The van der Waals surface area contributed by atoms with E-state index in [9.17, 15) is 4.79 Å². The summed E-state index contributed by atoms with van der Waals surface area (Å²) in [6, 6.07) is 7.95. The Morgan fingerprint density at radius 3 is 3.09 bits per heavy atom. The van der Waals surface area contributed by atoms with Gasteiger partial charge in [-0.15, -0.1) is 0 Å². The number of hydrogen-bond donors (Lipinski definition) is 1. The van der Waals surface area contributed by atoms with Gasteiger partial charge in [0, 0.05) is 13.2 Å². The molecule has 1 N–H and O–H groups in total. The van der Waals surface area contributed by atoms with Gasteiger partial charge in [0.05, 0.1) is 11.0 Å². The summed E-state index contributed by atoms with van der Waals surface area (Å²) in [6.45, 7) is 3.93. The molecule has 0 bridgehead atoms. The zero-order valence-electron chi connectivity index (χ0n) is 13.0. The zero-order chi connectivity index (χ0) is 15.4. The summed E-state index contributed by atoms with van der Waals surface area (Å²) in [4.78, 5) is 16.9. The van der Waals surface area contributed by atoms with Crippen LogP contribution in [0.3, 0.4) is 0 Å². The van der Waals surface area contributed by atoms with Crippen LogP contribution in [0.1, 0.15) is 44.5 Å². The second-order valence-corrected chi connectivity index (χ2v) is 5.75. The Balaban J connectivity index is 1.85. The number of carbonyl (C=O) groups is 1. The maximum Gasteiger partial charge on any atom is 0.240 e. The van der Waals surface area contributed by atoms with E-state index in [2.05, 4.69) is 12.2 Å². The van der Waals surface area contributed by atoms with Gasteiger partial charge in [-0.3, -0.25) is 4.79 Å². The van der Waals surface area contributed by atoms with E-state index in [0.717, 1.165) is 55.7 Å². The van der Waals surface area contributed by atoms with E-state index < -0.39 is 0 Å². The number of rotatable bonds is 6. The maximum absolute atomic E-state index is 12.2. The molecule has 1 aliphatic rings. The standard InChI is InChI=1S/C17H23N3O2/c1-2-3-10-18-16(21)12-20-14-8-5-4-7-13(14)19-17(20)15-9-6-11-22-15/h4-5,7-8,15H,2-3,6,9-12H2,1H3,(H,18,21). The van der Waals surface area contributed by atoms with Crippen molar-refractivity contribution >= 4 is 16.9 Å². The van der Waals surface area contributed by atoms with Crippen LogP contribution in [0.4, 0.5) is 0 Å². The molecule has 2 heterocycles. The van der Waals surface area contributed by atoms with E-state index in [4.69, 9.17) is 9.72 Å². The van der Waals surface area contributed by atoms with Crippen molar-refractivity contribution in [3.8, 4) is 0 Å². The Hall–Kier alpha value is -1.88. The highest BCUT2D eigenvalue weighted by molar-refractivity contribution is 5.81. The number of para-hydroxylation sites is 2. The number of nitrogens with zero attached hydrogens (tertiary/aromatic N) is 2. The first-order chi connectivity index (χ1) is 10.8. The van der Waals surface area contributed by atoms with Crippen molar-refractivity contribution in [1.29, 1.82) is 0 Å². The highest BCUT2D eigenvalue weighted by Crippen LogP contribution is 2.30. The van der Waals surface area contributed by atoms with Crippen LogP contribution in [0.5, 0.6) is 0 Å². The van der Waals surface area contributed by atoms with E-state index in [1.54, 1.807) is 0 Å². The van der Waals surface area contributed by atoms with Gasteiger partial charge < -0.3 is 14.6 Å². The van der Waals surface area contributed by atoms with Gasteiger partial charge >= 0.3 is 0 Å². The molecule has 0 radical (unpaired) electrons. The molecule has 1 fully saturated rings. The molecule has 0 aliphatic carbocycles. The van der Waals surface area contributed by atoms with Gasteiger partial charge in [0.1, 0.15) is 18.5 Å². The van der Waals surface area contributed by atoms with E-state index >= 15 is 0 Å². The van der Waals surface area contributed by atoms with Crippen LogP contribution < -0.4 is 5.32 Å². The highest BCUT2D eigenvalue weighted by Gasteiger charge is 2.25. The van der Waals surface area contributed by atoms with Crippen LogP contribution in [0.15, 0.2) is 24.3 Å². The van der Waals surface area contributed by atoms with Crippen molar-refractivity contribution in [3.05, 3.63) is 30.1 Å². The second kappa shape index (κ2) is 6.92. The first kappa shape index (κ1) is 15.0. The summed E-state index contributed by atoms with van der Waals surface area (Å²) in [5, 5.41) is 2.98. The molecular weight excluding hydrogens is 278 g/mol. The van der Waals surface area contributed by atoms with Crippen molar-refractivity contribution in [3.63, 3.8) is 0 Å². The topological polar surface area (TPSA) is 56.2 Å². The number of amides is 1. The van der Waals surface area contributed by atoms with E-state index in [0.29, 0.717) is 6.54 Å². The number of benzene rings is 1. The van der Waals surface area contributed by atoms with Crippen LogP contribution in [0, 0.1) is 0 Å². The monoisotopic (exact) mass is 301 g/mol. The predicted molar refractivity (Wildman–Crippen MR) is 85.6 cm³/mol. The molecule has 1 amide bonds. The molecule has 1 aliphatic heterocycles. The molecule has 0 spiro atoms. The Kier molecular flexibility index (Phi) is 4.73. The van der Waals surface area contributed by atoms with E-state index in [-0.39, 0.29) is 12.0 Å². The summed E-state index contributed by atoms with van der Waals surface area (Å²) >= 11 is 0. The van der Waals surface area contributed by atoms with Gasteiger partial charge in [0.15, 0.2) is 0 Å². The smallest absolute Gasteiger partial charge is 0.240 e. The first-order valence-electron chi connectivity index (χ1n) is 8.13. The normalized spacial score (nSPS) is 18.0. The van der Waals surface area contributed by atoms with Gasteiger partial charge in [-0.05, 0) is 31.4 Å². The van der Waals surface area contributed by atoms with Gasteiger partial charge in [-0.1, -0.05) is 25.5 Å². The third-order valence-corrected chi connectivity index (χ3v) is 4.06. The minimum atomic E-state index is 0.0100. The fourth-order valence-electron chi connectivity index (χ4n) is 2.89. The fraction of sp³-hybridized carbons (Fsp3) is 0.529. The molecule has 2 aromatic rings. The summed E-state index contributed by atoms with van der Waals surface area (Å²) in [7, 11) is 0. The molecule has 118 valence electrons. The third-order valence-electron chi connectivity index (χ3n) is 4.06. The van der Waals surface area contributed by atoms with E-state index in [1.807, 2.05) is 28.8 Å². The van der Waals surface area contributed by atoms with Crippen molar-refractivity contribution in [2.24, 2.45) is 0 Å². The number of fused-ring (bicyclic) bond motifs is 1. The highest BCUT2D eigenvalue weighted by atomic mass is 16.5. The van der Waals surface area contributed by atoms with Crippen molar-refractivity contribution < 1.29 is 9.53 Å². The summed E-state index contributed by atoms with van der Waals surface area (Å²) in [5.41, 5.74) is 1.92. The maximum atomic E-state index is 12.2. The van der Waals surface area contributed by atoms with E-state index in [1.165, 1.54) is 0 Å². The average molecular weight is 301 g/mol. The van der Waals surface area contributed by atoms with Crippen LogP contribution in [-0.2, 0) is 16.1 Å². The Morgan fingerprint density at radius 2 is 2.32 bits per heavy atom. The number of carbonyl (C=O) groups excluding carboxylic acids is 1. The number of hydrogen-bond acceptors (Lipinski definition) is 3. The summed E-state index contributed by atoms with van der Waals surface area (Å²) < 4.78 is 7.78. The largest absolute Gasteiger partial charge is 0.370 e. The summed E-state index contributed by atoms with van der Waals surface area (Å²) in [5.74, 6) is 0.917.